The minimum atomic E-state index is -0.708. The first-order chi connectivity index (χ1) is 7.98. The third kappa shape index (κ3) is 4.05. The Morgan fingerprint density at radius 1 is 1.71 bits per heavy atom. The molecule has 0 bridgehead atoms. The van der Waals surface area contributed by atoms with Crippen LogP contribution < -0.4 is 5.32 Å². The first-order valence-electron chi connectivity index (χ1n) is 5.46. The normalized spacial score (nSPS) is 14.6. The van der Waals surface area contributed by atoms with Crippen molar-refractivity contribution in [1.29, 1.82) is 0 Å². The molecule has 0 aliphatic carbocycles. The van der Waals surface area contributed by atoms with E-state index in [0.717, 1.165) is 5.16 Å². The fourth-order valence-corrected chi connectivity index (χ4v) is 2.48. The maximum absolute atomic E-state index is 11.8. The molecular weight excluding hydrogens is 238 g/mol. The molecule has 1 rings (SSSR count). The van der Waals surface area contributed by atoms with Gasteiger partial charge in [0.05, 0.1) is 7.11 Å². The number of H-pyrrole nitrogens is 1. The molecule has 0 radical (unpaired) electrons. The summed E-state index contributed by atoms with van der Waals surface area (Å²) in [6, 6.07) is 0.205. The number of rotatable bonds is 6. The number of carbonyl (C=O) groups is 1. The van der Waals surface area contributed by atoms with Crippen molar-refractivity contribution in [3.05, 3.63) is 12.4 Å². The summed E-state index contributed by atoms with van der Waals surface area (Å²) in [6.07, 6.45) is 3.45. The summed E-state index contributed by atoms with van der Waals surface area (Å²) in [7, 11) is 1.40. The molecule has 17 heavy (non-hydrogen) atoms. The summed E-state index contributed by atoms with van der Waals surface area (Å²) in [5.41, 5.74) is -0.708. The van der Waals surface area contributed by atoms with Gasteiger partial charge in [0.2, 0.25) is 0 Å². The standard InChI is InChI=1S/C11H19N3O2S/c1-8(2)14-11(3,9(15)16-4)7-17-10-12-5-6-13-10/h5-6,8,14H,7H2,1-4H3,(H,12,13). The number of aromatic nitrogens is 2. The highest BCUT2D eigenvalue weighted by Crippen LogP contribution is 2.20. The van der Waals surface area contributed by atoms with Gasteiger partial charge < -0.3 is 9.72 Å². The molecule has 0 aliphatic heterocycles. The topological polar surface area (TPSA) is 67.0 Å². The number of imidazole rings is 1. The van der Waals surface area contributed by atoms with Crippen molar-refractivity contribution >= 4 is 17.7 Å². The van der Waals surface area contributed by atoms with Crippen LogP contribution in [0.5, 0.6) is 0 Å². The molecule has 5 nitrogen and oxygen atoms in total. The number of hydrogen-bond donors (Lipinski definition) is 2. The van der Waals surface area contributed by atoms with Gasteiger partial charge in [-0.3, -0.25) is 10.1 Å². The number of hydrogen-bond acceptors (Lipinski definition) is 5. The van der Waals surface area contributed by atoms with E-state index in [2.05, 4.69) is 15.3 Å². The molecule has 0 saturated carbocycles. The lowest BCUT2D eigenvalue weighted by Crippen LogP contribution is -2.54. The monoisotopic (exact) mass is 257 g/mol. The van der Waals surface area contributed by atoms with Gasteiger partial charge in [-0.25, -0.2) is 4.98 Å². The molecule has 1 aromatic heterocycles. The first kappa shape index (κ1) is 14.1. The highest BCUT2D eigenvalue weighted by Gasteiger charge is 2.35. The van der Waals surface area contributed by atoms with Gasteiger partial charge >= 0.3 is 5.97 Å². The average molecular weight is 257 g/mol. The van der Waals surface area contributed by atoms with Gasteiger partial charge in [-0.2, -0.15) is 0 Å². The summed E-state index contributed by atoms with van der Waals surface area (Å²) < 4.78 is 4.84. The second-order valence-electron chi connectivity index (χ2n) is 4.31. The summed E-state index contributed by atoms with van der Waals surface area (Å²) in [6.45, 7) is 5.84. The van der Waals surface area contributed by atoms with E-state index in [4.69, 9.17) is 4.74 Å². The molecule has 0 aromatic carbocycles. The Labute approximate surface area is 106 Å². The van der Waals surface area contributed by atoms with Crippen LogP contribution in [0.25, 0.3) is 0 Å². The number of carbonyl (C=O) groups excluding carboxylic acids is 1. The molecule has 1 unspecified atom stereocenters. The van der Waals surface area contributed by atoms with E-state index in [9.17, 15) is 4.79 Å². The SMILES string of the molecule is COC(=O)C(C)(CSc1ncc[nH]1)NC(C)C. The fraction of sp³-hybridized carbons (Fsp3) is 0.636. The quantitative estimate of drug-likeness (QED) is 0.596. The van der Waals surface area contributed by atoms with Crippen molar-refractivity contribution in [2.24, 2.45) is 0 Å². The van der Waals surface area contributed by atoms with Crippen molar-refractivity contribution in [2.45, 2.75) is 37.5 Å². The minimum absolute atomic E-state index is 0.205. The summed E-state index contributed by atoms with van der Waals surface area (Å²) in [4.78, 5) is 18.9. The van der Waals surface area contributed by atoms with E-state index in [1.54, 1.807) is 12.4 Å². The van der Waals surface area contributed by atoms with Crippen LogP contribution in [0.4, 0.5) is 0 Å². The van der Waals surface area contributed by atoms with Crippen molar-refractivity contribution < 1.29 is 9.53 Å². The summed E-state index contributed by atoms with van der Waals surface area (Å²) >= 11 is 1.49. The Balaban J connectivity index is 2.66. The Kier molecular flexibility index (Phi) is 5.02. The predicted octanol–water partition coefficient (Wildman–Crippen LogP) is 1.43. The fourth-order valence-electron chi connectivity index (χ4n) is 1.56. The van der Waals surface area contributed by atoms with Gasteiger partial charge in [-0.15, -0.1) is 0 Å². The van der Waals surface area contributed by atoms with E-state index >= 15 is 0 Å². The molecule has 0 aliphatic rings. The van der Waals surface area contributed by atoms with E-state index < -0.39 is 5.54 Å². The number of methoxy groups -OCH3 is 1. The molecule has 0 fully saturated rings. The van der Waals surface area contributed by atoms with E-state index in [0.29, 0.717) is 5.75 Å². The smallest absolute Gasteiger partial charge is 0.326 e. The van der Waals surface area contributed by atoms with Crippen LogP contribution in [-0.2, 0) is 9.53 Å². The largest absolute Gasteiger partial charge is 0.468 e. The maximum Gasteiger partial charge on any atom is 0.326 e. The zero-order valence-electron chi connectivity index (χ0n) is 10.6. The van der Waals surface area contributed by atoms with Crippen molar-refractivity contribution in [1.82, 2.24) is 15.3 Å². The van der Waals surface area contributed by atoms with Gasteiger partial charge in [-0.1, -0.05) is 11.8 Å². The molecule has 0 spiro atoms. The number of nitrogens with zero attached hydrogens (tertiary/aromatic N) is 1. The molecule has 1 atom stereocenters. The number of nitrogens with one attached hydrogen (secondary N) is 2. The van der Waals surface area contributed by atoms with Gasteiger partial charge in [0, 0.05) is 24.2 Å². The number of esters is 1. The van der Waals surface area contributed by atoms with Crippen LogP contribution >= 0.6 is 11.8 Å². The lowest BCUT2D eigenvalue weighted by atomic mass is 10.0. The molecule has 96 valence electrons. The van der Waals surface area contributed by atoms with Crippen LogP contribution in [0.2, 0.25) is 0 Å². The lowest BCUT2D eigenvalue weighted by molar-refractivity contribution is -0.147. The van der Waals surface area contributed by atoms with E-state index in [-0.39, 0.29) is 12.0 Å². The average Bonchev–Trinajstić information content (AvgIpc) is 2.77. The van der Waals surface area contributed by atoms with Crippen LogP contribution in [0.15, 0.2) is 17.6 Å². The first-order valence-corrected chi connectivity index (χ1v) is 6.45. The molecule has 0 amide bonds. The number of thioether (sulfide) groups is 1. The summed E-state index contributed by atoms with van der Waals surface area (Å²) in [5, 5.41) is 4.03. The van der Waals surface area contributed by atoms with Crippen LogP contribution in [-0.4, -0.2) is 40.4 Å². The minimum Gasteiger partial charge on any atom is -0.468 e. The Morgan fingerprint density at radius 3 is 2.88 bits per heavy atom. The summed E-state index contributed by atoms with van der Waals surface area (Å²) in [5.74, 6) is 0.302. The van der Waals surface area contributed by atoms with Crippen LogP contribution in [0, 0.1) is 0 Å². The molecule has 0 saturated heterocycles. The van der Waals surface area contributed by atoms with E-state index in [1.807, 2.05) is 20.8 Å². The van der Waals surface area contributed by atoms with Gasteiger partial charge in [0.25, 0.3) is 0 Å². The van der Waals surface area contributed by atoms with Crippen molar-refractivity contribution in [3.8, 4) is 0 Å². The van der Waals surface area contributed by atoms with Gasteiger partial charge in [0.15, 0.2) is 5.16 Å². The van der Waals surface area contributed by atoms with Crippen LogP contribution in [0.3, 0.4) is 0 Å². The van der Waals surface area contributed by atoms with Gasteiger partial charge in [-0.05, 0) is 20.8 Å². The van der Waals surface area contributed by atoms with Gasteiger partial charge in [0.1, 0.15) is 5.54 Å². The Bertz CT molecular complexity index is 354. The Hall–Kier alpha value is -1.01. The predicted molar refractivity (Wildman–Crippen MR) is 68.0 cm³/mol. The van der Waals surface area contributed by atoms with Crippen LogP contribution in [0.1, 0.15) is 20.8 Å². The maximum atomic E-state index is 11.8. The zero-order valence-corrected chi connectivity index (χ0v) is 11.4. The number of aromatic amines is 1. The molecule has 6 heteroatoms. The third-order valence-corrected chi connectivity index (χ3v) is 3.43. The van der Waals surface area contributed by atoms with Crippen molar-refractivity contribution in [3.63, 3.8) is 0 Å². The molecule has 1 aromatic rings. The van der Waals surface area contributed by atoms with E-state index in [1.165, 1.54) is 18.9 Å². The number of ether oxygens (including phenoxy) is 1. The lowest BCUT2D eigenvalue weighted by Gasteiger charge is -2.29. The highest BCUT2D eigenvalue weighted by molar-refractivity contribution is 7.99. The zero-order chi connectivity index (χ0) is 12.9. The molecule has 1 heterocycles. The van der Waals surface area contributed by atoms with Crippen molar-refractivity contribution in [2.75, 3.05) is 12.9 Å². The second-order valence-corrected chi connectivity index (χ2v) is 5.27. The second kappa shape index (κ2) is 6.07. The Morgan fingerprint density at radius 2 is 2.41 bits per heavy atom. The third-order valence-electron chi connectivity index (χ3n) is 2.21. The molecular formula is C11H19N3O2S. The highest BCUT2D eigenvalue weighted by atomic mass is 32.2. The molecule has 2 N–H and O–H groups in total.